The predicted octanol–water partition coefficient (Wildman–Crippen LogP) is 2.13. The summed E-state index contributed by atoms with van der Waals surface area (Å²) in [4.78, 5) is -0.535. The maximum Gasteiger partial charge on any atom is 0.246 e. The van der Waals surface area contributed by atoms with Crippen molar-refractivity contribution in [3.05, 3.63) is 23.0 Å². The summed E-state index contributed by atoms with van der Waals surface area (Å²) in [6.07, 6.45) is 1.47. The van der Waals surface area contributed by atoms with Crippen molar-refractivity contribution in [3.63, 3.8) is 0 Å². The minimum Gasteiger partial charge on any atom is -0.396 e. The van der Waals surface area contributed by atoms with Gasteiger partial charge < -0.3 is 5.73 Å². The summed E-state index contributed by atoms with van der Waals surface area (Å²) in [5.74, 6) is -1.00. The second-order valence-corrected chi connectivity index (χ2v) is 6.86. The van der Waals surface area contributed by atoms with Gasteiger partial charge in [-0.15, -0.1) is 0 Å². The average Bonchev–Trinajstić information content (AvgIpc) is 3.18. The van der Waals surface area contributed by atoms with Crippen molar-refractivity contribution in [2.75, 3.05) is 12.3 Å². The van der Waals surface area contributed by atoms with Crippen LogP contribution in [0.1, 0.15) is 19.3 Å². The molecule has 2 N–H and O–H groups in total. The Morgan fingerprint density at radius 2 is 2.15 bits per heavy atom. The summed E-state index contributed by atoms with van der Waals surface area (Å²) < 4.78 is 40.2. The molecule has 8 heteroatoms. The van der Waals surface area contributed by atoms with E-state index in [0.29, 0.717) is 12.8 Å². The Bertz CT molecular complexity index is 668. The van der Waals surface area contributed by atoms with Crippen LogP contribution in [-0.2, 0) is 10.0 Å². The van der Waals surface area contributed by atoms with Gasteiger partial charge in [-0.2, -0.15) is 9.57 Å². The highest BCUT2D eigenvalue weighted by atomic mass is 35.5. The van der Waals surface area contributed by atoms with E-state index in [1.165, 1.54) is 0 Å². The summed E-state index contributed by atoms with van der Waals surface area (Å²) in [5.41, 5.74) is 5.10. The highest BCUT2D eigenvalue weighted by molar-refractivity contribution is 7.89. The zero-order valence-electron chi connectivity index (χ0n) is 10.5. The molecule has 0 atom stereocenters. The molecule has 0 aliphatic heterocycles. The second kappa shape index (κ2) is 5.56. The van der Waals surface area contributed by atoms with E-state index < -0.39 is 20.7 Å². The molecule has 1 aliphatic carbocycles. The minimum atomic E-state index is -4.04. The Hall–Kier alpha value is -1.36. The van der Waals surface area contributed by atoms with Crippen molar-refractivity contribution in [1.29, 1.82) is 5.26 Å². The first-order valence-corrected chi connectivity index (χ1v) is 7.83. The van der Waals surface area contributed by atoms with Crippen LogP contribution < -0.4 is 5.73 Å². The summed E-state index contributed by atoms with van der Waals surface area (Å²) in [7, 11) is -4.04. The van der Waals surface area contributed by atoms with Gasteiger partial charge in [0.05, 0.1) is 11.8 Å². The van der Waals surface area contributed by atoms with E-state index in [2.05, 4.69) is 0 Å². The van der Waals surface area contributed by atoms with Crippen LogP contribution in [0, 0.1) is 17.1 Å². The minimum absolute atomic E-state index is 0.0371. The number of benzene rings is 1. The number of rotatable bonds is 5. The molecule has 20 heavy (non-hydrogen) atoms. The Labute approximate surface area is 121 Å². The monoisotopic (exact) mass is 317 g/mol. The molecule has 0 aromatic heterocycles. The van der Waals surface area contributed by atoms with E-state index in [9.17, 15) is 12.8 Å². The molecule has 0 heterocycles. The second-order valence-electron chi connectivity index (χ2n) is 4.56. The largest absolute Gasteiger partial charge is 0.396 e. The van der Waals surface area contributed by atoms with Crippen molar-refractivity contribution in [2.45, 2.75) is 30.2 Å². The molecule has 0 amide bonds. The predicted molar refractivity (Wildman–Crippen MR) is 73.0 cm³/mol. The Balaban J connectivity index is 2.45. The average molecular weight is 318 g/mol. The lowest BCUT2D eigenvalue weighted by molar-refractivity contribution is 0.407. The standard InChI is InChI=1S/C12H13ClFN3O2S/c13-8-6-10(16)12(14)11(7-8)20(18,19)17(5-1-4-15)9-2-3-9/h6-7,9H,1-3,5,16H2. The summed E-state index contributed by atoms with van der Waals surface area (Å²) in [6.45, 7) is 0.0371. The van der Waals surface area contributed by atoms with E-state index in [1.54, 1.807) is 0 Å². The van der Waals surface area contributed by atoms with Crippen molar-refractivity contribution in [1.82, 2.24) is 4.31 Å². The first-order valence-electron chi connectivity index (χ1n) is 6.01. The number of hydrogen-bond donors (Lipinski definition) is 1. The molecule has 1 aromatic carbocycles. The molecular weight excluding hydrogens is 305 g/mol. The molecule has 2 rings (SSSR count). The topological polar surface area (TPSA) is 87.2 Å². The number of hydrogen-bond acceptors (Lipinski definition) is 4. The Morgan fingerprint density at radius 1 is 1.50 bits per heavy atom. The quantitative estimate of drug-likeness (QED) is 0.843. The van der Waals surface area contributed by atoms with Crippen molar-refractivity contribution < 1.29 is 12.8 Å². The summed E-state index contributed by atoms with van der Waals surface area (Å²) in [5, 5.41) is 8.66. The van der Waals surface area contributed by atoms with Crippen molar-refractivity contribution in [3.8, 4) is 6.07 Å². The molecule has 1 saturated carbocycles. The molecule has 1 aliphatic rings. The number of nitrogens with zero attached hydrogens (tertiary/aromatic N) is 2. The lowest BCUT2D eigenvalue weighted by atomic mass is 10.3. The Kier molecular flexibility index (Phi) is 4.18. The third-order valence-corrected chi connectivity index (χ3v) is 5.19. The molecule has 0 saturated heterocycles. The van der Waals surface area contributed by atoms with E-state index in [1.807, 2.05) is 6.07 Å². The van der Waals surface area contributed by atoms with E-state index >= 15 is 0 Å². The van der Waals surface area contributed by atoms with Crippen LogP contribution in [0.5, 0.6) is 0 Å². The Morgan fingerprint density at radius 3 is 2.70 bits per heavy atom. The molecule has 108 valence electrons. The number of halogens is 2. The van der Waals surface area contributed by atoms with Crippen LogP contribution >= 0.6 is 11.6 Å². The third kappa shape index (κ3) is 2.87. The molecule has 5 nitrogen and oxygen atoms in total. The third-order valence-electron chi connectivity index (χ3n) is 3.02. The number of anilines is 1. The SMILES string of the molecule is N#CCCN(C1CC1)S(=O)(=O)c1cc(Cl)cc(N)c1F. The van der Waals surface area contributed by atoms with E-state index in [4.69, 9.17) is 22.6 Å². The molecule has 0 bridgehead atoms. The maximum absolute atomic E-state index is 14.0. The van der Waals surface area contributed by atoms with Crippen LogP contribution in [0.3, 0.4) is 0 Å². The fourth-order valence-electron chi connectivity index (χ4n) is 1.92. The van der Waals surface area contributed by atoms with Gasteiger partial charge in [0, 0.05) is 24.0 Å². The smallest absolute Gasteiger partial charge is 0.246 e. The van der Waals surface area contributed by atoms with Gasteiger partial charge in [-0.05, 0) is 25.0 Å². The van der Waals surface area contributed by atoms with Gasteiger partial charge in [0.1, 0.15) is 4.90 Å². The number of nitriles is 1. The normalized spacial score (nSPS) is 15.3. The fraction of sp³-hybridized carbons (Fsp3) is 0.417. The van der Waals surface area contributed by atoms with Crippen LogP contribution in [0.2, 0.25) is 5.02 Å². The first kappa shape index (κ1) is 15.0. The first-order chi connectivity index (χ1) is 9.37. The van der Waals surface area contributed by atoms with Crippen LogP contribution in [0.25, 0.3) is 0 Å². The number of sulfonamides is 1. The van der Waals surface area contributed by atoms with Crippen LogP contribution in [0.15, 0.2) is 17.0 Å². The zero-order chi connectivity index (χ0) is 14.9. The van der Waals surface area contributed by atoms with Crippen molar-refractivity contribution in [2.24, 2.45) is 0 Å². The van der Waals surface area contributed by atoms with Crippen molar-refractivity contribution >= 4 is 27.3 Å². The van der Waals surface area contributed by atoms with Gasteiger partial charge in [-0.3, -0.25) is 0 Å². The van der Waals surface area contributed by atoms with Gasteiger partial charge in [-0.1, -0.05) is 11.6 Å². The number of nitrogen functional groups attached to an aromatic ring is 1. The lowest BCUT2D eigenvalue weighted by Gasteiger charge is -2.21. The molecule has 0 spiro atoms. The fourth-order valence-corrected chi connectivity index (χ4v) is 4.02. The highest BCUT2D eigenvalue weighted by Crippen LogP contribution is 2.34. The van der Waals surface area contributed by atoms with Gasteiger partial charge in [0.25, 0.3) is 0 Å². The van der Waals surface area contributed by atoms with Gasteiger partial charge >= 0.3 is 0 Å². The van der Waals surface area contributed by atoms with Gasteiger partial charge in [0.15, 0.2) is 5.82 Å². The summed E-state index contributed by atoms with van der Waals surface area (Å²) >= 11 is 5.75. The lowest BCUT2D eigenvalue weighted by Crippen LogP contribution is -2.34. The van der Waals surface area contributed by atoms with Gasteiger partial charge in [-0.25, -0.2) is 12.8 Å². The molecule has 1 aromatic rings. The van der Waals surface area contributed by atoms with E-state index in [0.717, 1.165) is 16.4 Å². The van der Waals surface area contributed by atoms with Gasteiger partial charge in [0.2, 0.25) is 10.0 Å². The van der Waals surface area contributed by atoms with Crippen LogP contribution in [-0.4, -0.2) is 25.3 Å². The highest BCUT2D eigenvalue weighted by Gasteiger charge is 2.39. The zero-order valence-corrected chi connectivity index (χ0v) is 12.1. The number of nitrogens with two attached hydrogens (primary N) is 1. The van der Waals surface area contributed by atoms with E-state index in [-0.39, 0.29) is 29.7 Å². The maximum atomic E-state index is 14.0. The molecular formula is C12H13ClFN3O2S. The molecule has 0 radical (unpaired) electrons. The molecule has 1 fully saturated rings. The summed E-state index contributed by atoms with van der Waals surface area (Å²) in [6, 6.07) is 3.92. The van der Waals surface area contributed by atoms with Crippen LogP contribution in [0.4, 0.5) is 10.1 Å². The molecule has 0 unspecified atom stereocenters.